The van der Waals surface area contributed by atoms with Gasteiger partial charge in [0, 0.05) is 7.11 Å². The van der Waals surface area contributed by atoms with Crippen molar-refractivity contribution in [3.8, 4) is 0 Å². The van der Waals surface area contributed by atoms with Gasteiger partial charge in [-0.1, -0.05) is 0 Å². The minimum Gasteiger partial charge on any atom is -0.467 e. The Labute approximate surface area is 93.7 Å². The van der Waals surface area contributed by atoms with E-state index in [1.807, 2.05) is 0 Å². The third kappa shape index (κ3) is 7.16. The van der Waals surface area contributed by atoms with E-state index >= 15 is 0 Å². The van der Waals surface area contributed by atoms with E-state index in [1.165, 1.54) is 7.11 Å². The molecule has 0 aromatic carbocycles. The third-order valence-corrected chi connectivity index (χ3v) is 1.63. The van der Waals surface area contributed by atoms with Gasteiger partial charge in [0.25, 0.3) is 0 Å². The maximum Gasteiger partial charge on any atom is 0.336 e. The zero-order valence-corrected chi connectivity index (χ0v) is 9.39. The van der Waals surface area contributed by atoms with Gasteiger partial charge in [-0.3, -0.25) is 4.79 Å². The molecule has 1 amide bonds. The smallest absolute Gasteiger partial charge is 0.336 e. The highest BCUT2D eigenvalue weighted by Gasteiger charge is 2.15. The van der Waals surface area contributed by atoms with Gasteiger partial charge in [0.05, 0.1) is 26.9 Å². The van der Waals surface area contributed by atoms with Crippen molar-refractivity contribution < 1.29 is 28.9 Å². The maximum absolute atomic E-state index is 11.1. The molecule has 2 N–H and O–H groups in total. The Morgan fingerprint density at radius 1 is 1.31 bits per heavy atom. The lowest BCUT2D eigenvalue weighted by atomic mass is 10.3. The van der Waals surface area contributed by atoms with E-state index in [2.05, 4.69) is 10.1 Å². The fraction of sp³-hybridized carbons (Fsp3) is 0.778. The van der Waals surface area contributed by atoms with Crippen LogP contribution in [0.5, 0.6) is 0 Å². The summed E-state index contributed by atoms with van der Waals surface area (Å²) in [6.07, 6.45) is -1.35. The van der Waals surface area contributed by atoms with Crippen LogP contribution >= 0.6 is 0 Å². The number of nitrogens with one attached hydrogen (secondary N) is 1. The van der Waals surface area contributed by atoms with Gasteiger partial charge in [-0.2, -0.15) is 0 Å². The number of hydrogen-bond donors (Lipinski definition) is 2. The Morgan fingerprint density at radius 2 is 2.00 bits per heavy atom. The number of esters is 1. The lowest BCUT2D eigenvalue weighted by molar-refractivity contribution is -0.150. The summed E-state index contributed by atoms with van der Waals surface area (Å²) >= 11 is 0. The van der Waals surface area contributed by atoms with Crippen LogP contribution < -0.4 is 5.32 Å². The summed E-state index contributed by atoms with van der Waals surface area (Å²) in [7, 11) is 2.68. The van der Waals surface area contributed by atoms with Gasteiger partial charge >= 0.3 is 5.97 Å². The molecule has 0 rings (SSSR count). The molecule has 0 radical (unpaired) electrons. The predicted octanol–water partition coefficient (Wildman–Crippen LogP) is -1.70. The van der Waals surface area contributed by atoms with Gasteiger partial charge < -0.3 is 24.6 Å². The average molecular weight is 235 g/mol. The van der Waals surface area contributed by atoms with Crippen molar-refractivity contribution in [2.24, 2.45) is 0 Å². The third-order valence-electron chi connectivity index (χ3n) is 1.63. The first kappa shape index (κ1) is 14.8. The predicted molar refractivity (Wildman–Crippen MR) is 53.7 cm³/mol. The molecule has 0 saturated carbocycles. The summed E-state index contributed by atoms with van der Waals surface area (Å²) in [4.78, 5) is 21.8. The van der Waals surface area contributed by atoms with E-state index in [4.69, 9.17) is 14.6 Å². The Kier molecular flexibility index (Phi) is 8.41. The highest BCUT2D eigenvalue weighted by Crippen LogP contribution is 1.85. The van der Waals surface area contributed by atoms with E-state index in [-0.39, 0.29) is 13.2 Å². The van der Waals surface area contributed by atoms with Crippen molar-refractivity contribution >= 4 is 11.9 Å². The van der Waals surface area contributed by atoms with E-state index < -0.39 is 18.0 Å². The molecule has 0 bridgehead atoms. The second kappa shape index (κ2) is 9.08. The highest BCUT2D eigenvalue weighted by atomic mass is 16.5. The second-order valence-electron chi connectivity index (χ2n) is 2.89. The topological polar surface area (TPSA) is 94.1 Å². The Bertz CT molecular complexity index is 220. The van der Waals surface area contributed by atoms with E-state index in [9.17, 15) is 9.59 Å². The molecule has 0 heterocycles. The largest absolute Gasteiger partial charge is 0.467 e. The quantitative estimate of drug-likeness (QED) is 0.385. The Morgan fingerprint density at radius 3 is 2.56 bits per heavy atom. The molecule has 94 valence electrons. The molecule has 0 aromatic rings. The lowest BCUT2D eigenvalue weighted by Crippen LogP contribution is -2.38. The molecule has 0 aliphatic heterocycles. The molecule has 7 nitrogen and oxygen atoms in total. The van der Waals surface area contributed by atoms with Crippen molar-refractivity contribution in [2.45, 2.75) is 6.10 Å². The highest BCUT2D eigenvalue weighted by molar-refractivity contribution is 5.79. The SMILES string of the molecule is COCCOCC(=O)NCC(O)C(=O)OC. The number of hydrogen-bond acceptors (Lipinski definition) is 6. The number of methoxy groups -OCH3 is 2. The zero-order chi connectivity index (χ0) is 12.4. The minimum absolute atomic E-state index is 0.142. The average Bonchev–Trinajstić information content (AvgIpc) is 2.30. The number of carbonyl (C=O) groups excluding carboxylic acids is 2. The normalized spacial score (nSPS) is 11.9. The number of aliphatic hydroxyl groups is 1. The van der Waals surface area contributed by atoms with Crippen LogP contribution in [0.4, 0.5) is 0 Å². The summed E-state index contributed by atoms with van der Waals surface area (Å²) < 4.78 is 13.9. The van der Waals surface area contributed by atoms with E-state index in [0.717, 1.165) is 7.11 Å². The molecule has 16 heavy (non-hydrogen) atoms. The molecule has 0 aliphatic rings. The summed E-state index contributed by atoms with van der Waals surface area (Å²) in [5.74, 6) is -1.21. The van der Waals surface area contributed by atoms with Crippen LogP contribution in [0.15, 0.2) is 0 Å². The Balaban J connectivity index is 3.53. The van der Waals surface area contributed by atoms with Crippen LogP contribution in [-0.4, -0.2) is 63.7 Å². The van der Waals surface area contributed by atoms with E-state index in [0.29, 0.717) is 13.2 Å². The summed E-state index contributed by atoms with van der Waals surface area (Å²) in [5.41, 5.74) is 0. The molecule has 1 unspecified atom stereocenters. The van der Waals surface area contributed by atoms with Gasteiger partial charge in [0.2, 0.25) is 5.91 Å². The fourth-order valence-corrected chi connectivity index (χ4v) is 0.788. The van der Waals surface area contributed by atoms with Crippen molar-refractivity contribution in [2.75, 3.05) is 40.6 Å². The molecule has 0 fully saturated rings. The van der Waals surface area contributed by atoms with Crippen LogP contribution in [0.3, 0.4) is 0 Å². The molecular weight excluding hydrogens is 218 g/mol. The first-order valence-corrected chi connectivity index (χ1v) is 4.71. The number of ether oxygens (including phenoxy) is 3. The zero-order valence-electron chi connectivity index (χ0n) is 9.39. The first-order chi connectivity index (χ1) is 7.61. The molecule has 1 atom stereocenters. The van der Waals surface area contributed by atoms with E-state index in [1.54, 1.807) is 0 Å². The lowest BCUT2D eigenvalue weighted by Gasteiger charge is -2.09. The molecule has 0 aliphatic carbocycles. The Hall–Kier alpha value is -1.18. The van der Waals surface area contributed by atoms with Gasteiger partial charge in [-0.05, 0) is 0 Å². The first-order valence-electron chi connectivity index (χ1n) is 4.71. The molecular formula is C9H17NO6. The monoisotopic (exact) mass is 235 g/mol. The number of rotatable bonds is 8. The molecule has 0 spiro atoms. The standard InChI is InChI=1S/C9H17NO6/c1-14-3-4-16-6-8(12)10-5-7(11)9(13)15-2/h7,11H,3-6H2,1-2H3,(H,10,12). The number of aliphatic hydroxyl groups excluding tert-OH is 1. The van der Waals surface area contributed by atoms with Gasteiger partial charge in [0.15, 0.2) is 6.10 Å². The van der Waals surface area contributed by atoms with Gasteiger partial charge in [-0.15, -0.1) is 0 Å². The molecule has 7 heteroatoms. The summed E-state index contributed by atoms with van der Waals surface area (Å²) in [5, 5.41) is 11.4. The van der Waals surface area contributed by atoms with Crippen LogP contribution in [0.25, 0.3) is 0 Å². The number of carbonyl (C=O) groups is 2. The fourth-order valence-electron chi connectivity index (χ4n) is 0.788. The van der Waals surface area contributed by atoms with Gasteiger partial charge in [0.1, 0.15) is 6.61 Å². The maximum atomic E-state index is 11.1. The number of amides is 1. The van der Waals surface area contributed by atoms with Crippen molar-refractivity contribution in [1.82, 2.24) is 5.32 Å². The van der Waals surface area contributed by atoms with Crippen molar-refractivity contribution in [1.29, 1.82) is 0 Å². The van der Waals surface area contributed by atoms with Crippen LogP contribution in [0.1, 0.15) is 0 Å². The van der Waals surface area contributed by atoms with Crippen LogP contribution in [-0.2, 0) is 23.8 Å². The minimum atomic E-state index is -1.35. The molecule has 0 aromatic heterocycles. The van der Waals surface area contributed by atoms with Crippen molar-refractivity contribution in [3.05, 3.63) is 0 Å². The summed E-state index contributed by atoms with van der Waals surface area (Å²) in [6.45, 7) is 0.373. The van der Waals surface area contributed by atoms with Crippen molar-refractivity contribution in [3.63, 3.8) is 0 Å². The molecule has 0 saturated heterocycles. The van der Waals surface area contributed by atoms with Crippen LogP contribution in [0, 0.1) is 0 Å². The van der Waals surface area contributed by atoms with Crippen LogP contribution in [0.2, 0.25) is 0 Å². The second-order valence-corrected chi connectivity index (χ2v) is 2.89. The summed E-state index contributed by atoms with van der Waals surface area (Å²) in [6, 6.07) is 0. The van der Waals surface area contributed by atoms with Gasteiger partial charge in [-0.25, -0.2) is 4.79 Å².